The van der Waals surface area contributed by atoms with E-state index in [9.17, 15) is 14.4 Å². The zero-order valence-corrected chi connectivity index (χ0v) is 15.6. The number of carbonyl (C=O) groups is 3. The highest BCUT2D eigenvalue weighted by Gasteiger charge is 2.36. The molecule has 0 saturated heterocycles. The molecule has 0 bridgehead atoms. The van der Waals surface area contributed by atoms with E-state index < -0.39 is 11.8 Å². The number of nitrogens with zero attached hydrogens (tertiary/aromatic N) is 2. The molecule has 0 fully saturated rings. The fourth-order valence-corrected chi connectivity index (χ4v) is 3.56. The second kappa shape index (κ2) is 7.31. The summed E-state index contributed by atoms with van der Waals surface area (Å²) in [6, 6.07) is 15.3. The Morgan fingerprint density at radius 3 is 2.64 bits per heavy atom. The van der Waals surface area contributed by atoms with Gasteiger partial charge in [0.15, 0.2) is 0 Å². The van der Waals surface area contributed by atoms with Crippen molar-refractivity contribution in [2.75, 3.05) is 13.1 Å². The molecule has 6 nitrogen and oxygen atoms in total. The molecule has 3 aromatic rings. The van der Waals surface area contributed by atoms with Crippen molar-refractivity contribution in [1.29, 1.82) is 0 Å². The Balaban J connectivity index is 1.29. The van der Waals surface area contributed by atoms with E-state index in [1.165, 1.54) is 5.39 Å². The number of fused-ring (bicyclic) bond motifs is 2. The van der Waals surface area contributed by atoms with Crippen LogP contribution in [0.4, 0.5) is 0 Å². The second-order valence-electron chi connectivity index (χ2n) is 7.02. The SMILES string of the molecule is Cc1ccc2c(c1)C(=O)N(CC(=O)NCCCn1ccc3ccccc31)C2=O. The van der Waals surface area contributed by atoms with Crippen molar-refractivity contribution in [2.45, 2.75) is 19.9 Å². The molecule has 6 heteroatoms. The van der Waals surface area contributed by atoms with Crippen LogP contribution < -0.4 is 5.32 Å². The standard InChI is InChI=1S/C22H21N3O3/c1-15-7-8-17-18(13-15)22(28)25(21(17)27)14-20(26)23-10-4-11-24-12-9-16-5-2-3-6-19(16)24/h2-3,5-9,12-13H,4,10-11,14H2,1H3,(H,23,26). The number of imide groups is 1. The third-order valence-corrected chi connectivity index (χ3v) is 5.01. The molecule has 1 aromatic heterocycles. The van der Waals surface area contributed by atoms with Gasteiger partial charge in [-0.2, -0.15) is 0 Å². The number of benzene rings is 2. The topological polar surface area (TPSA) is 71.4 Å². The van der Waals surface area contributed by atoms with Crippen LogP contribution in [0.5, 0.6) is 0 Å². The van der Waals surface area contributed by atoms with Crippen LogP contribution in [0.15, 0.2) is 54.7 Å². The smallest absolute Gasteiger partial charge is 0.262 e. The molecule has 0 aliphatic carbocycles. The monoisotopic (exact) mass is 375 g/mol. The average Bonchev–Trinajstić information content (AvgIpc) is 3.20. The van der Waals surface area contributed by atoms with Gasteiger partial charge in [0.1, 0.15) is 6.54 Å². The molecule has 1 aliphatic heterocycles. The lowest BCUT2D eigenvalue weighted by molar-refractivity contribution is -0.121. The normalized spacial score (nSPS) is 13.2. The van der Waals surface area contributed by atoms with E-state index >= 15 is 0 Å². The Hall–Kier alpha value is -3.41. The molecular weight excluding hydrogens is 354 g/mol. The Morgan fingerprint density at radius 1 is 1.00 bits per heavy atom. The molecule has 4 rings (SSSR count). The molecule has 0 spiro atoms. The molecule has 1 aliphatic rings. The molecule has 0 radical (unpaired) electrons. The van der Waals surface area contributed by atoms with E-state index in [0.717, 1.165) is 28.9 Å². The van der Waals surface area contributed by atoms with Gasteiger partial charge in [0.2, 0.25) is 5.91 Å². The summed E-state index contributed by atoms with van der Waals surface area (Å²) in [7, 11) is 0. The van der Waals surface area contributed by atoms with Crippen LogP contribution >= 0.6 is 0 Å². The maximum Gasteiger partial charge on any atom is 0.262 e. The number of aryl methyl sites for hydroxylation is 2. The van der Waals surface area contributed by atoms with Crippen LogP contribution in [-0.4, -0.2) is 40.3 Å². The van der Waals surface area contributed by atoms with Gasteiger partial charge in [-0.05, 0) is 43.0 Å². The number of rotatable bonds is 6. The van der Waals surface area contributed by atoms with E-state index in [2.05, 4.69) is 28.1 Å². The maximum absolute atomic E-state index is 12.4. The van der Waals surface area contributed by atoms with Gasteiger partial charge in [0.25, 0.3) is 11.8 Å². The van der Waals surface area contributed by atoms with Gasteiger partial charge in [-0.3, -0.25) is 19.3 Å². The Labute approximate surface area is 162 Å². The van der Waals surface area contributed by atoms with Crippen molar-refractivity contribution in [3.8, 4) is 0 Å². The summed E-state index contributed by atoms with van der Waals surface area (Å²) in [5.41, 5.74) is 2.80. The zero-order valence-electron chi connectivity index (χ0n) is 15.6. The Morgan fingerprint density at radius 2 is 1.79 bits per heavy atom. The highest BCUT2D eigenvalue weighted by atomic mass is 16.2. The molecule has 2 aromatic carbocycles. The van der Waals surface area contributed by atoms with Gasteiger partial charge in [-0.1, -0.05) is 29.8 Å². The van der Waals surface area contributed by atoms with Crippen molar-refractivity contribution >= 4 is 28.6 Å². The Kier molecular flexibility index (Phi) is 4.69. The minimum absolute atomic E-state index is 0.252. The molecule has 28 heavy (non-hydrogen) atoms. The fraction of sp³-hybridized carbons (Fsp3) is 0.227. The summed E-state index contributed by atoms with van der Waals surface area (Å²) < 4.78 is 2.15. The van der Waals surface area contributed by atoms with Gasteiger partial charge in [-0.25, -0.2) is 0 Å². The molecule has 3 amide bonds. The number of carbonyl (C=O) groups excluding carboxylic acids is 3. The van der Waals surface area contributed by atoms with Crippen molar-refractivity contribution in [3.63, 3.8) is 0 Å². The predicted molar refractivity (Wildman–Crippen MR) is 106 cm³/mol. The van der Waals surface area contributed by atoms with E-state index in [-0.39, 0.29) is 12.5 Å². The number of aromatic nitrogens is 1. The van der Waals surface area contributed by atoms with Crippen molar-refractivity contribution in [2.24, 2.45) is 0 Å². The van der Waals surface area contributed by atoms with Crippen LogP contribution in [0, 0.1) is 6.92 Å². The maximum atomic E-state index is 12.4. The lowest BCUT2D eigenvalue weighted by atomic mass is 10.1. The van der Waals surface area contributed by atoms with Crippen LogP contribution in [0.3, 0.4) is 0 Å². The fourth-order valence-electron chi connectivity index (χ4n) is 3.56. The third kappa shape index (κ3) is 3.29. The molecule has 2 heterocycles. The van der Waals surface area contributed by atoms with Crippen LogP contribution in [-0.2, 0) is 11.3 Å². The number of para-hydroxylation sites is 1. The van der Waals surface area contributed by atoms with Crippen LogP contribution in [0.1, 0.15) is 32.7 Å². The summed E-state index contributed by atoms with van der Waals surface area (Å²) in [5, 5.41) is 3.99. The summed E-state index contributed by atoms with van der Waals surface area (Å²) >= 11 is 0. The molecule has 0 saturated carbocycles. The first-order chi connectivity index (χ1) is 13.5. The highest BCUT2D eigenvalue weighted by molar-refractivity contribution is 6.22. The number of hydrogen-bond donors (Lipinski definition) is 1. The first kappa shape index (κ1) is 18.0. The molecule has 142 valence electrons. The minimum atomic E-state index is -0.408. The first-order valence-electron chi connectivity index (χ1n) is 9.32. The number of nitrogens with one attached hydrogen (secondary N) is 1. The van der Waals surface area contributed by atoms with E-state index in [1.54, 1.807) is 18.2 Å². The third-order valence-electron chi connectivity index (χ3n) is 5.01. The largest absolute Gasteiger partial charge is 0.354 e. The average molecular weight is 375 g/mol. The minimum Gasteiger partial charge on any atom is -0.354 e. The molecule has 1 N–H and O–H groups in total. The molecule has 0 unspecified atom stereocenters. The van der Waals surface area contributed by atoms with Crippen molar-refractivity contribution in [1.82, 2.24) is 14.8 Å². The highest BCUT2D eigenvalue weighted by Crippen LogP contribution is 2.23. The number of hydrogen-bond acceptors (Lipinski definition) is 3. The second-order valence-corrected chi connectivity index (χ2v) is 7.02. The van der Waals surface area contributed by atoms with E-state index in [1.807, 2.05) is 25.3 Å². The zero-order chi connectivity index (χ0) is 19.7. The number of amides is 3. The van der Waals surface area contributed by atoms with E-state index in [0.29, 0.717) is 17.7 Å². The predicted octanol–water partition coefficient (Wildman–Crippen LogP) is 2.75. The van der Waals surface area contributed by atoms with E-state index in [4.69, 9.17) is 0 Å². The summed E-state index contributed by atoms with van der Waals surface area (Å²) in [5.74, 6) is -1.14. The molecular formula is C22H21N3O3. The first-order valence-corrected chi connectivity index (χ1v) is 9.32. The van der Waals surface area contributed by atoms with Gasteiger partial charge in [0, 0.05) is 24.8 Å². The van der Waals surface area contributed by atoms with Gasteiger partial charge < -0.3 is 9.88 Å². The van der Waals surface area contributed by atoms with Gasteiger partial charge in [0.05, 0.1) is 11.1 Å². The lowest BCUT2D eigenvalue weighted by Crippen LogP contribution is -2.40. The van der Waals surface area contributed by atoms with Gasteiger partial charge in [-0.15, -0.1) is 0 Å². The van der Waals surface area contributed by atoms with Crippen molar-refractivity contribution < 1.29 is 14.4 Å². The molecule has 0 atom stereocenters. The van der Waals surface area contributed by atoms with Crippen LogP contribution in [0.25, 0.3) is 10.9 Å². The Bertz CT molecular complexity index is 1080. The van der Waals surface area contributed by atoms with Crippen molar-refractivity contribution in [3.05, 3.63) is 71.4 Å². The lowest BCUT2D eigenvalue weighted by Gasteiger charge is -2.13. The van der Waals surface area contributed by atoms with Crippen LogP contribution in [0.2, 0.25) is 0 Å². The summed E-state index contributed by atoms with van der Waals surface area (Å²) in [6.07, 6.45) is 2.79. The summed E-state index contributed by atoms with van der Waals surface area (Å²) in [6.45, 7) is 2.87. The summed E-state index contributed by atoms with van der Waals surface area (Å²) in [4.78, 5) is 38.0. The van der Waals surface area contributed by atoms with Gasteiger partial charge >= 0.3 is 0 Å². The quantitative estimate of drug-likeness (QED) is 0.532.